The fraction of sp³-hybridized carbons (Fsp3) is 0.125. The van der Waals surface area contributed by atoms with E-state index in [0.717, 1.165) is 33.8 Å². The Labute approximate surface area is 180 Å². The van der Waals surface area contributed by atoms with Gasteiger partial charge in [-0.1, -0.05) is 19.9 Å². The Balaban J connectivity index is 0.00000225. The van der Waals surface area contributed by atoms with E-state index < -0.39 is 0 Å². The zero-order valence-corrected chi connectivity index (χ0v) is 17.9. The first-order valence-corrected chi connectivity index (χ1v) is 8.88. The van der Waals surface area contributed by atoms with Gasteiger partial charge in [0, 0.05) is 18.1 Å². The summed E-state index contributed by atoms with van der Waals surface area (Å²) < 4.78 is 0. The van der Waals surface area contributed by atoms with Crippen molar-refractivity contribution in [2.45, 2.75) is 19.3 Å². The Bertz CT molecular complexity index is 1050. The van der Waals surface area contributed by atoms with E-state index in [1.54, 1.807) is 18.6 Å². The topological polar surface area (TPSA) is 38.7 Å². The van der Waals surface area contributed by atoms with Gasteiger partial charge in [0.1, 0.15) is 0 Å². The Kier molecular flexibility index (Phi) is 6.16. The molecule has 0 spiro atoms. The van der Waals surface area contributed by atoms with Crippen molar-refractivity contribution in [3.63, 3.8) is 0 Å². The standard InChI is InChI=1S/C24H19N3.Pt/c1-24(2,19-10-4-3-5-11-19)20-12-8-9-18(15-20)22-16-25-17-23(27-22)21-13-6-7-14-26-21;/h3-10,12-14,16-17H,1-2H3;/q-2;+2. The molecule has 0 aliphatic carbocycles. The molecule has 0 fully saturated rings. The molecule has 0 N–H and O–H groups in total. The van der Waals surface area contributed by atoms with Crippen molar-refractivity contribution in [3.05, 3.63) is 103 Å². The first-order chi connectivity index (χ1) is 13.1. The number of hydrogen-bond donors (Lipinski definition) is 0. The third-order valence-corrected chi connectivity index (χ3v) is 4.69. The average molecular weight is 545 g/mol. The second-order valence-corrected chi connectivity index (χ2v) is 6.88. The van der Waals surface area contributed by atoms with Crippen LogP contribution in [0.2, 0.25) is 0 Å². The van der Waals surface area contributed by atoms with Crippen LogP contribution < -0.4 is 0 Å². The van der Waals surface area contributed by atoms with Gasteiger partial charge in [-0.3, -0.25) is 15.0 Å². The molecule has 3 nitrogen and oxygen atoms in total. The molecule has 28 heavy (non-hydrogen) atoms. The van der Waals surface area contributed by atoms with E-state index in [-0.39, 0.29) is 26.5 Å². The number of benzene rings is 2. The van der Waals surface area contributed by atoms with Gasteiger partial charge in [0.2, 0.25) is 0 Å². The molecule has 0 saturated heterocycles. The fourth-order valence-electron chi connectivity index (χ4n) is 3.04. The van der Waals surface area contributed by atoms with Gasteiger partial charge in [-0.2, -0.15) is 35.9 Å². The molecular weight excluding hydrogens is 525 g/mol. The Hall–Kier alpha value is -2.64. The van der Waals surface area contributed by atoms with Crippen molar-refractivity contribution in [2.75, 3.05) is 0 Å². The van der Waals surface area contributed by atoms with Crippen LogP contribution in [-0.2, 0) is 26.5 Å². The minimum absolute atomic E-state index is 0. The number of aromatic nitrogens is 3. The van der Waals surface area contributed by atoms with E-state index in [2.05, 4.69) is 48.1 Å². The summed E-state index contributed by atoms with van der Waals surface area (Å²) in [5.74, 6) is 0. The van der Waals surface area contributed by atoms with Crippen LogP contribution in [0.5, 0.6) is 0 Å². The van der Waals surface area contributed by atoms with E-state index in [1.807, 2.05) is 48.5 Å². The van der Waals surface area contributed by atoms with Crippen LogP contribution in [0.15, 0.2) is 79.3 Å². The smallest absolute Gasteiger partial charge is 0.291 e. The molecule has 0 unspecified atom stereocenters. The normalized spacial score (nSPS) is 10.9. The summed E-state index contributed by atoms with van der Waals surface area (Å²) in [4.78, 5) is 13.5. The van der Waals surface area contributed by atoms with Crippen LogP contribution in [0.4, 0.5) is 0 Å². The van der Waals surface area contributed by atoms with Crippen molar-refractivity contribution in [1.82, 2.24) is 15.0 Å². The van der Waals surface area contributed by atoms with Crippen LogP contribution in [0, 0.1) is 12.1 Å². The monoisotopic (exact) mass is 544 g/mol. The molecule has 4 aromatic rings. The molecule has 0 aliphatic heterocycles. The summed E-state index contributed by atoms with van der Waals surface area (Å²) in [7, 11) is 0. The maximum absolute atomic E-state index is 4.75. The fourth-order valence-corrected chi connectivity index (χ4v) is 3.04. The quantitative estimate of drug-likeness (QED) is 0.335. The van der Waals surface area contributed by atoms with E-state index in [0.29, 0.717) is 0 Å². The summed E-state index contributed by atoms with van der Waals surface area (Å²) in [5.41, 5.74) is 5.28. The average Bonchev–Trinajstić information content (AvgIpc) is 2.75. The number of rotatable bonds is 4. The first-order valence-electron chi connectivity index (χ1n) is 8.88. The summed E-state index contributed by atoms with van der Waals surface area (Å²) in [6.45, 7) is 4.37. The molecular formula is C24H19N3Pt. The molecule has 0 saturated carbocycles. The van der Waals surface area contributed by atoms with Gasteiger partial charge in [0.05, 0.1) is 17.6 Å². The van der Waals surface area contributed by atoms with E-state index in [1.165, 1.54) is 0 Å². The summed E-state index contributed by atoms with van der Waals surface area (Å²) >= 11 is 0. The summed E-state index contributed by atoms with van der Waals surface area (Å²) in [5, 5.41) is 0. The van der Waals surface area contributed by atoms with Crippen LogP contribution >= 0.6 is 0 Å². The van der Waals surface area contributed by atoms with Gasteiger partial charge in [-0.25, -0.2) is 0 Å². The Morgan fingerprint density at radius 3 is 2.32 bits per heavy atom. The van der Waals surface area contributed by atoms with Crippen molar-refractivity contribution in [1.29, 1.82) is 0 Å². The van der Waals surface area contributed by atoms with Crippen LogP contribution in [0.3, 0.4) is 0 Å². The predicted molar refractivity (Wildman–Crippen MR) is 107 cm³/mol. The van der Waals surface area contributed by atoms with E-state index in [9.17, 15) is 0 Å². The zero-order chi connectivity index (χ0) is 18.7. The van der Waals surface area contributed by atoms with Crippen molar-refractivity contribution in [2.24, 2.45) is 0 Å². The van der Waals surface area contributed by atoms with Crippen LogP contribution in [0.1, 0.15) is 25.0 Å². The second kappa shape index (κ2) is 8.58. The van der Waals surface area contributed by atoms with Crippen LogP contribution in [0.25, 0.3) is 22.6 Å². The van der Waals surface area contributed by atoms with E-state index >= 15 is 0 Å². The van der Waals surface area contributed by atoms with E-state index in [4.69, 9.17) is 4.98 Å². The van der Waals surface area contributed by atoms with Gasteiger partial charge >= 0.3 is 21.1 Å². The molecule has 0 radical (unpaired) electrons. The summed E-state index contributed by atoms with van der Waals surface area (Å²) in [6, 6.07) is 26.9. The van der Waals surface area contributed by atoms with Crippen molar-refractivity contribution >= 4 is 0 Å². The number of pyridine rings is 1. The minimum Gasteiger partial charge on any atom is -0.291 e. The first kappa shape index (κ1) is 20.1. The molecule has 2 heterocycles. The summed E-state index contributed by atoms with van der Waals surface area (Å²) in [6.07, 6.45) is 5.26. The van der Waals surface area contributed by atoms with Crippen molar-refractivity contribution in [3.8, 4) is 22.6 Å². The van der Waals surface area contributed by atoms with Crippen LogP contribution in [-0.4, -0.2) is 15.0 Å². The van der Waals surface area contributed by atoms with Gasteiger partial charge in [0.15, 0.2) is 0 Å². The molecule has 4 heteroatoms. The maximum atomic E-state index is 4.75. The van der Waals surface area contributed by atoms with Gasteiger partial charge < -0.3 is 0 Å². The molecule has 2 aromatic heterocycles. The van der Waals surface area contributed by atoms with Crippen molar-refractivity contribution < 1.29 is 21.1 Å². The molecule has 140 valence electrons. The minimum atomic E-state index is -0.205. The largest absolute Gasteiger partial charge is 2.00 e. The molecule has 4 rings (SSSR count). The second-order valence-electron chi connectivity index (χ2n) is 6.88. The third kappa shape index (κ3) is 4.10. The third-order valence-electron chi connectivity index (χ3n) is 4.69. The van der Waals surface area contributed by atoms with Gasteiger partial charge in [0.25, 0.3) is 0 Å². The molecule has 0 amide bonds. The molecule has 0 atom stereocenters. The number of hydrogen-bond acceptors (Lipinski definition) is 3. The Morgan fingerprint density at radius 1 is 0.786 bits per heavy atom. The maximum Gasteiger partial charge on any atom is 2.00 e. The molecule has 2 aromatic carbocycles. The zero-order valence-electron chi connectivity index (χ0n) is 15.7. The Morgan fingerprint density at radius 2 is 1.57 bits per heavy atom. The molecule has 0 bridgehead atoms. The SMILES string of the molecule is CC(C)(c1[c-]cccc1)c1[c-]c(-c2cncc(-c3ccccn3)n2)ccc1.[Pt+2]. The van der Waals surface area contributed by atoms with Gasteiger partial charge in [-0.05, 0) is 17.5 Å². The molecule has 0 aliphatic rings. The number of nitrogens with zero attached hydrogens (tertiary/aromatic N) is 3. The predicted octanol–water partition coefficient (Wildman–Crippen LogP) is 5.13. The van der Waals surface area contributed by atoms with Gasteiger partial charge in [-0.15, -0.1) is 35.4 Å².